The van der Waals surface area contributed by atoms with Gasteiger partial charge in [0.25, 0.3) is 11.8 Å². The number of hydrogen-bond donors (Lipinski definition) is 2. The summed E-state index contributed by atoms with van der Waals surface area (Å²) in [6, 6.07) is 6.83. The number of allylic oxidation sites excluding steroid dienone is 2. The Hall–Kier alpha value is -1.45. The van der Waals surface area contributed by atoms with Crippen LogP contribution in [-0.2, 0) is 0 Å². The second kappa shape index (κ2) is 27.6. The zero-order valence-corrected chi connectivity index (χ0v) is 23.4. The number of benzene rings is 1. The molecule has 0 atom stereocenters. The van der Waals surface area contributed by atoms with Gasteiger partial charge in [-0.15, -0.1) is 13.2 Å². The minimum Gasteiger partial charge on any atom is -0.397 e. The molecule has 2 rings (SSSR count). The van der Waals surface area contributed by atoms with Crippen molar-refractivity contribution in [2.45, 2.75) is 47.5 Å². The smallest absolute Gasteiger partial charge is 0.261 e. The van der Waals surface area contributed by atoms with Gasteiger partial charge >= 0.3 is 0 Å². The Morgan fingerprint density at radius 3 is 1.60 bits per heavy atom. The van der Waals surface area contributed by atoms with E-state index < -0.39 is 0 Å². The van der Waals surface area contributed by atoms with E-state index in [9.17, 15) is 9.59 Å². The summed E-state index contributed by atoms with van der Waals surface area (Å²) in [7, 11) is 0. The maximum Gasteiger partial charge on any atom is 0.261 e. The third-order valence-corrected chi connectivity index (χ3v) is 2.76. The summed E-state index contributed by atoms with van der Waals surface area (Å²) < 4.78 is 0. The van der Waals surface area contributed by atoms with Crippen molar-refractivity contribution in [2.24, 2.45) is 0 Å². The van der Waals surface area contributed by atoms with Crippen molar-refractivity contribution in [2.75, 3.05) is 19.8 Å². The molecule has 0 saturated heterocycles. The molecule has 0 fully saturated rings. The van der Waals surface area contributed by atoms with Crippen molar-refractivity contribution in [3.63, 3.8) is 0 Å². The second-order valence-corrected chi connectivity index (χ2v) is 5.26. The normalized spacial score (nSPS) is 10.4. The van der Waals surface area contributed by atoms with Crippen LogP contribution >= 0.6 is 0 Å². The van der Waals surface area contributed by atoms with E-state index in [0.717, 1.165) is 6.42 Å². The van der Waals surface area contributed by atoms with E-state index in [-0.39, 0.29) is 62.7 Å². The van der Waals surface area contributed by atoms with Crippen LogP contribution in [0.3, 0.4) is 0 Å². The third-order valence-electron chi connectivity index (χ3n) is 2.76. The quantitative estimate of drug-likeness (QED) is 0.349. The number of carbonyl (C=O) groups excluding carboxylic acids is 2. The van der Waals surface area contributed by atoms with Gasteiger partial charge in [-0.2, -0.15) is 0 Å². The molecule has 0 aromatic heterocycles. The second-order valence-electron chi connectivity index (χ2n) is 5.26. The Labute approximate surface area is 207 Å². The third kappa shape index (κ3) is 16.4. The fraction of sp³-hybridized carbons (Fsp3) is 0.417. The number of imide groups is 1. The Morgan fingerprint density at radius 2 is 1.30 bits per heavy atom. The summed E-state index contributed by atoms with van der Waals surface area (Å²) >= 11 is 0. The van der Waals surface area contributed by atoms with E-state index >= 15 is 0 Å². The number of aliphatic hydroxyl groups excluding tert-OH is 2. The molecule has 168 valence electrons. The van der Waals surface area contributed by atoms with Crippen LogP contribution in [0.1, 0.15) is 68.2 Å². The largest absolute Gasteiger partial charge is 0.397 e. The molecule has 1 aliphatic rings. The van der Waals surface area contributed by atoms with Gasteiger partial charge in [0, 0.05) is 44.3 Å². The molecule has 0 saturated carbocycles. The number of fused-ring (bicyclic) bond motifs is 1. The summed E-state index contributed by atoms with van der Waals surface area (Å²) in [6.45, 7) is 17.6. The minimum atomic E-state index is -0.231. The Kier molecular flexibility index (Phi) is 33.0. The molecule has 2 N–H and O–H groups in total. The molecule has 1 aliphatic heterocycles. The van der Waals surface area contributed by atoms with Crippen LogP contribution in [0.5, 0.6) is 0 Å². The van der Waals surface area contributed by atoms with Gasteiger partial charge in [0.05, 0.1) is 17.7 Å². The zero-order chi connectivity index (χ0) is 23.1. The topological polar surface area (TPSA) is 77.8 Å². The number of hydrogen-bond acceptors (Lipinski definition) is 4. The van der Waals surface area contributed by atoms with Crippen LogP contribution in [-0.4, -0.2) is 46.7 Å². The van der Waals surface area contributed by atoms with Gasteiger partial charge in [-0.1, -0.05) is 70.6 Å². The average molecular weight is 644 g/mol. The SMILES string of the molecule is C=CC/C=C/CO.C=CCN1C(=O)c2ccccc2C1=O.CC.CCC.CCO.[U]. The summed E-state index contributed by atoms with van der Waals surface area (Å²) in [6.07, 6.45) is 8.99. The van der Waals surface area contributed by atoms with Gasteiger partial charge < -0.3 is 10.2 Å². The van der Waals surface area contributed by atoms with Crippen LogP contribution < -0.4 is 0 Å². The first kappa shape index (κ1) is 36.0. The predicted octanol–water partition coefficient (Wildman–Crippen LogP) is 5.02. The molecule has 1 heterocycles. The number of amides is 2. The number of aliphatic hydroxyl groups is 2. The first-order valence-electron chi connectivity index (χ1n) is 10.0. The van der Waals surface area contributed by atoms with E-state index in [4.69, 9.17) is 10.2 Å². The van der Waals surface area contributed by atoms with Crippen molar-refractivity contribution >= 4 is 11.8 Å². The van der Waals surface area contributed by atoms with Crippen molar-refractivity contribution in [1.29, 1.82) is 0 Å². The molecule has 0 aliphatic carbocycles. The molecule has 2 amide bonds. The molecule has 1 aromatic carbocycles. The van der Waals surface area contributed by atoms with Gasteiger partial charge in [-0.05, 0) is 25.5 Å². The number of carbonyl (C=O) groups is 2. The molecule has 30 heavy (non-hydrogen) atoms. The molecule has 6 heteroatoms. The summed E-state index contributed by atoms with van der Waals surface area (Å²) in [5.41, 5.74) is 0.971. The molecular weight excluding hydrogens is 604 g/mol. The van der Waals surface area contributed by atoms with Gasteiger partial charge in [0.1, 0.15) is 0 Å². The Morgan fingerprint density at radius 1 is 0.900 bits per heavy atom. The van der Waals surface area contributed by atoms with Gasteiger partial charge in [-0.3, -0.25) is 14.5 Å². The molecule has 1 aromatic rings. The molecular formula is C24H39NO4U. The molecule has 0 bridgehead atoms. The first-order valence-corrected chi connectivity index (χ1v) is 10.0. The monoisotopic (exact) mass is 643 g/mol. The van der Waals surface area contributed by atoms with Crippen molar-refractivity contribution in [3.05, 3.63) is 72.9 Å². The van der Waals surface area contributed by atoms with E-state index in [1.165, 1.54) is 11.3 Å². The fourth-order valence-electron chi connectivity index (χ4n) is 1.80. The van der Waals surface area contributed by atoms with Crippen LogP contribution in [0.4, 0.5) is 0 Å². The van der Waals surface area contributed by atoms with Crippen molar-refractivity contribution in [3.8, 4) is 0 Å². The molecule has 0 spiro atoms. The van der Waals surface area contributed by atoms with Crippen molar-refractivity contribution < 1.29 is 50.9 Å². The molecule has 0 unspecified atom stereocenters. The summed E-state index contributed by atoms with van der Waals surface area (Å²) in [5, 5.41) is 15.7. The van der Waals surface area contributed by atoms with Crippen LogP contribution in [0, 0.1) is 31.1 Å². The van der Waals surface area contributed by atoms with Crippen LogP contribution in [0.15, 0.2) is 61.7 Å². The predicted molar refractivity (Wildman–Crippen MR) is 123 cm³/mol. The van der Waals surface area contributed by atoms with E-state index in [1.54, 1.807) is 49.4 Å². The van der Waals surface area contributed by atoms with Gasteiger partial charge in [0.2, 0.25) is 0 Å². The molecule has 0 radical (unpaired) electrons. The van der Waals surface area contributed by atoms with Crippen molar-refractivity contribution in [1.82, 2.24) is 4.90 Å². The van der Waals surface area contributed by atoms with Gasteiger partial charge in [-0.25, -0.2) is 0 Å². The maximum absolute atomic E-state index is 11.7. The van der Waals surface area contributed by atoms with E-state index in [1.807, 2.05) is 19.9 Å². The van der Waals surface area contributed by atoms with Crippen LogP contribution in [0.25, 0.3) is 0 Å². The van der Waals surface area contributed by atoms with Gasteiger partial charge in [0.15, 0.2) is 0 Å². The first-order chi connectivity index (χ1) is 14.0. The maximum atomic E-state index is 11.7. The summed E-state index contributed by atoms with van der Waals surface area (Å²) in [5.74, 6) is -0.462. The number of nitrogens with zero attached hydrogens (tertiary/aromatic N) is 1. The van der Waals surface area contributed by atoms with E-state index in [0.29, 0.717) is 11.1 Å². The number of rotatable bonds is 5. The Bertz CT molecular complexity index is 564. The standard InChI is InChI=1S/C11H9NO2.C6H10O.C3H8.C2H6O.C2H6.U/c1-2-7-12-10(13)8-5-3-4-6-9(8)11(12)14;1-2-3-4-5-6-7;1-3-2;1-2-3;1-2;/h2-6H,1,7H2;2,4-5,7H,1,3,6H2;3H2,1-2H3;3H,2H2,1H3;1-2H3;/b;5-4+;;;;. The zero-order valence-electron chi connectivity index (χ0n) is 19.2. The molecule has 5 nitrogen and oxygen atoms in total. The van der Waals surface area contributed by atoms with E-state index in [2.05, 4.69) is 27.0 Å². The summed E-state index contributed by atoms with van der Waals surface area (Å²) in [4.78, 5) is 24.5. The van der Waals surface area contributed by atoms with Crippen LogP contribution in [0.2, 0.25) is 0 Å². The minimum absolute atomic E-state index is 0. The Balaban J connectivity index is -0.000000180. The fourth-order valence-corrected chi connectivity index (χ4v) is 1.80. The average Bonchev–Trinajstić information content (AvgIpc) is 2.97.